The first-order valence-electron chi connectivity index (χ1n) is 8.72. The van der Waals surface area contributed by atoms with Gasteiger partial charge >= 0.3 is 5.76 Å². The van der Waals surface area contributed by atoms with Crippen molar-refractivity contribution in [2.24, 2.45) is 5.92 Å². The van der Waals surface area contributed by atoms with Crippen molar-refractivity contribution in [3.05, 3.63) is 76.3 Å². The van der Waals surface area contributed by atoms with Crippen LogP contribution in [0.5, 0.6) is 0 Å². The third-order valence-corrected chi connectivity index (χ3v) is 4.20. The third-order valence-electron chi connectivity index (χ3n) is 4.20. The highest BCUT2D eigenvalue weighted by Gasteiger charge is 2.20. The molecular formula is C20H19F2N3O3. The molecule has 3 aromatic rings. The number of aromatic nitrogens is 2. The van der Waals surface area contributed by atoms with Gasteiger partial charge in [0.1, 0.15) is 18.2 Å². The number of hydrogen-bond acceptors (Lipinski definition) is 4. The molecule has 0 bridgehead atoms. The number of amides is 1. The average molecular weight is 387 g/mol. The van der Waals surface area contributed by atoms with Crippen LogP contribution >= 0.6 is 0 Å². The Balaban J connectivity index is 1.74. The summed E-state index contributed by atoms with van der Waals surface area (Å²) in [7, 11) is 0. The molecule has 0 aliphatic heterocycles. The molecule has 1 atom stereocenters. The second-order valence-electron chi connectivity index (χ2n) is 6.68. The Kier molecular flexibility index (Phi) is 5.67. The Morgan fingerprint density at radius 1 is 1.07 bits per heavy atom. The maximum absolute atomic E-state index is 13.1. The van der Waals surface area contributed by atoms with Crippen LogP contribution in [-0.2, 0) is 11.3 Å². The fourth-order valence-corrected chi connectivity index (χ4v) is 2.78. The summed E-state index contributed by atoms with van der Waals surface area (Å²) < 4.78 is 32.1. The van der Waals surface area contributed by atoms with E-state index in [1.165, 1.54) is 36.4 Å². The number of benzene rings is 2. The number of rotatable bonds is 6. The van der Waals surface area contributed by atoms with Crippen LogP contribution in [0, 0.1) is 17.6 Å². The van der Waals surface area contributed by atoms with Crippen LogP contribution in [0.25, 0.3) is 11.5 Å². The maximum Gasteiger partial charge on any atom is 0.437 e. The molecule has 28 heavy (non-hydrogen) atoms. The van der Waals surface area contributed by atoms with Crippen molar-refractivity contribution in [1.82, 2.24) is 15.1 Å². The van der Waals surface area contributed by atoms with Gasteiger partial charge in [0, 0.05) is 5.56 Å². The highest BCUT2D eigenvalue weighted by Crippen LogP contribution is 2.22. The first-order chi connectivity index (χ1) is 13.3. The van der Waals surface area contributed by atoms with E-state index in [0.717, 1.165) is 10.2 Å². The molecular weight excluding hydrogens is 368 g/mol. The van der Waals surface area contributed by atoms with E-state index in [4.69, 9.17) is 4.42 Å². The molecule has 2 aromatic carbocycles. The first-order valence-corrected chi connectivity index (χ1v) is 8.72. The summed E-state index contributed by atoms with van der Waals surface area (Å²) in [4.78, 5) is 24.4. The van der Waals surface area contributed by atoms with Gasteiger partial charge in [-0.25, -0.2) is 13.6 Å². The minimum absolute atomic E-state index is 0.00301. The fourth-order valence-electron chi connectivity index (χ4n) is 2.78. The van der Waals surface area contributed by atoms with Crippen LogP contribution in [0.1, 0.15) is 25.5 Å². The van der Waals surface area contributed by atoms with Gasteiger partial charge in [-0.05, 0) is 47.9 Å². The lowest BCUT2D eigenvalue weighted by molar-refractivity contribution is -0.123. The quantitative estimate of drug-likeness (QED) is 0.704. The number of nitrogens with zero attached hydrogens (tertiary/aromatic N) is 2. The van der Waals surface area contributed by atoms with Gasteiger partial charge in [0.05, 0.1) is 6.04 Å². The number of hydrogen-bond donors (Lipinski definition) is 1. The smallest absolute Gasteiger partial charge is 0.388 e. The van der Waals surface area contributed by atoms with Crippen molar-refractivity contribution in [2.75, 3.05) is 0 Å². The van der Waals surface area contributed by atoms with Crippen molar-refractivity contribution in [1.29, 1.82) is 0 Å². The van der Waals surface area contributed by atoms with E-state index in [1.54, 1.807) is 12.1 Å². The topological polar surface area (TPSA) is 77.1 Å². The second kappa shape index (κ2) is 8.16. The predicted molar refractivity (Wildman–Crippen MR) is 98.3 cm³/mol. The molecule has 6 nitrogen and oxygen atoms in total. The summed E-state index contributed by atoms with van der Waals surface area (Å²) in [6, 6.07) is 10.8. The molecule has 0 aliphatic carbocycles. The van der Waals surface area contributed by atoms with Gasteiger partial charge in [0.25, 0.3) is 0 Å². The van der Waals surface area contributed by atoms with Gasteiger partial charge in [-0.1, -0.05) is 26.0 Å². The molecule has 0 fully saturated rings. The van der Waals surface area contributed by atoms with Crippen LogP contribution in [0.3, 0.4) is 0 Å². The van der Waals surface area contributed by atoms with E-state index < -0.39 is 17.5 Å². The van der Waals surface area contributed by atoms with Crippen molar-refractivity contribution < 1.29 is 18.0 Å². The lowest BCUT2D eigenvalue weighted by atomic mass is 9.96. The number of carbonyl (C=O) groups is 1. The second-order valence-corrected chi connectivity index (χ2v) is 6.68. The molecule has 0 aliphatic rings. The van der Waals surface area contributed by atoms with Crippen molar-refractivity contribution in [3.8, 4) is 11.5 Å². The molecule has 3 rings (SSSR count). The van der Waals surface area contributed by atoms with Crippen LogP contribution in [-0.4, -0.2) is 15.7 Å². The summed E-state index contributed by atoms with van der Waals surface area (Å²) in [6.45, 7) is 3.50. The summed E-state index contributed by atoms with van der Waals surface area (Å²) in [5.41, 5.74) is 1.17. The highest BCUT2D eigenvalue weighted by molar-refractivity contribution is 5.76. The zero-order valence-electron chi connectivity index (χ0n) is 15.4. The molecule has 0 saturated carbocycles. The van der Waals surface area contributed by atoms with E-state index in [9.17, 15) is 18.4 Å². The lowest BCUT2D eigenvalue weighted by Crippen LogP contribution is -2.36. The molecule has 8 heteroatoms. The average Bonchev–Trinajstić information content (AvgIpc) is 3.01. The highest BCUT2D eigenvalue weighted by atomic mass is 19.1. The predicted octanol–water partition coefficient (Wildman–Crippen LogP) is 3.30. The molecule has 146 valence electrons. The zero-order valence-corrected chi connectivity index (χ0v) is 15.4. The summed E-state index contributed by atoms with van der Waals surface area (Å²) in [5.74, 6) is -1.98. The van der Waals surface area contributed by atoms with Crippen LogP contribution < -0.4 is 11.1 Å². The van der Waals surface area contributed by atoms with Crippen molar-refractivity contribution in [2.45, 2.75) is 26.4 Å². The maximum atomic E-state index is 13.1. The van der Waals surface area contributed by atoms with E-state index in [-0.39, 0.29) is 30.2 Å². The Labute approximate surface area is 159 Å². The molecule has 1 amide bonds. The summed E-state index contributed by atoms with van der Waals surface area (Å²) in [6.07, 6.45) is 0. The number of carbonyl (C=O) groups excluding carboxylic acids is 1. The van der Waals surface area contributed by atoms with Crippen LogP contribution in [0.15, 0.2) is 57.7 Å². The van der Waals surface area contributed by atoms with Gasteiger partial charge in [-0.2, -0.15) is 4.68 Å². The first kappa shape index (κ1) is 19.5. The van der Waals surface area contributed by atoms with E-state index in [1.807, 2.05) is 13.8 Å². The van der Waals surface area contributed by atoms with E-state index in [0.29, 0.717) is 5.56 Å². The van der Waals surface area contributed by atoms with Gasteiger partial charge in [-0.15, -0.1) is 5.10 Å². The van der Waals surface area contributed by atoms with Crippen LogP contribution in [0.4, 0.5) is 8.78 Å². The van der Waals surface area contributed by atoms with Gasteiger partial charge in [0.2, 0.25) is 11.8 Å². The molecule has 1 heterocycles. The number of halogens is 2. The van der Waals surface area contributed by atoms with Gasteiger partial charge in [-0.3, -0.25) is 4.79 Å². The Morgan fingerprint density at radius 2 is 1.64 bits per heavy atom. The molecule has 0 spiro atoms. The lowest BCUT2D eigenvalue weighted by Gasteiger charge is -2.22. The zero-order chi connectivity index (χ0) is 20.3. The molecule has 1 N–H and O–H groups in total. The Morgan fingerprint density at radius 3 is 2.21 bits per heavy atom. The molecule has 1 aromatic heterocycles. The molecule has 0 unspecified atom stereocenters. The fraction of sp³-hybridized carbons (Fsp3) is 0.250. The molecule has 0 radical (unpaired) electrons. The monoisotopic (exact) mass is 387 g/mol. The SMILES string of the molecule is CC(C)[C@@H](NC(=O)Cn1nc(-c2ccc(F)cc2)oc1=O)c1ccc(F)cc1. The molecule has 0 saturated heterocycles. The standard InChI is InChI=1S/C20H19F2N3O3/c1-12(2)18(13-3-7-15(21)8-4-13)23-17(26)11-25-20(27)28-19(24-25)14-5-9-16(22)10-6-14/h3-10,12,18H,11H2,1-2H3,(H,23,26)/t18-/m1/s1. The minimum atomic E-state index is -0.794. The van der Waals surface area contributed by atoms with Gasteiger partial charge < -0.3 is 9.73 Å². The summed E-state index contributed by atoms with van der Waals surface area (Å²) in [5, 5.41) is 6.82. The minimum Gasteiger partial charge on any atom is -0.388 e. The van der Waals surface area contributed by atoms with E-state index in [2.05, 4.69) is 10.4 Å². The third kappa shape index (κ3) is 4.51. The normalized spacial score (nSPS) is 12.2. The van der Waals surface area contributed by atoms with Crippen molar-refractivity contribution >= 4 is 5.91 Å². The summed E-state index contributed by atoms with van der Waals surface area (Å²) >= 11 is 0. The largest absolute Gasteiger partial charge is 0.437 e. The number of nitrogens with one attached hydrogen (secondary N) is 1. The van der Waals surface area contributed by atoms with Crippen molar-refractivity contribution in [3.63, 3.8) is 0 Å². The Bertz CT molecular complexity index is 1010. The van der Waals surface area contributed by atoms with E-state index >= 15 is 0 Å². The van der Waals surface area contributed by atoms with Crippen LogP contribution in [0.2, 0.25) is 0 Å². The van der Waals surface area contributed by atoms with Gasteiger partial charge in [0.15, 0.2) is 0 Å². The Hall–Kier alpha value is -3.29.